The molecule has 128 valence electrons. The molecule has 24 heavy (non-hydrogen) atoms. The van der Waals surface area contributed by atoms with E-state index in [0.717, 1.165) is 55.1 Å². The largest absolute Gasteiger partial charge is 0.361 e. The zero-order valence-corrected chi connectivity index (χ0v) is 14.1. The minimum atomic E-state index is -0.0431. The topological polar surface area (TPSA) is 85.3 Å². The van der Waals surface area contributed by atoms with E-state index in [2.05, 4.69) is 15.3 Å². The SMILES string of the molecule is Cc1noc(C)c1CCC(=O)N1CCC[C@H]1c1noc(C2CC2)n1. The van der Waals surface area contributed by atoms with E-state index in [-0.39, 0.29) is 11.9 Å². The van der Waals surface area contributed by atoms with Crippen molar-refractivity contribution in [1.29, 1.82) is 0 Å². The molecular formula is C17H22N4O3. The summed E-state index contributed by atoms with van der Waals surface area (Å²) in [7, 11) is 0. The molecule has 2 aromatic rings. The lowest BCUT2D eigenvalue weighted by Gasteiger charge is -2.22. The van der Waals surface area contributed by atoms with Gasteiger partial charge >= 0.3 is 0 Å². The van der Waals surface area contributed by atoms with Crippen LogP contribution in [0.2, 0.25) is 0 Å². The van der Waals surface area contributed by atoms with E-state index in [0.29, 0.717) is 24.6 Å². The Balaban J connectivity index is 1.42. The van der Waals surface area contributed by atoms with Gasteiger partial charge in [-0.15, -0.1) is 0 Å². The molecule has 1 amide bonds. The van der Waals surface area contributed by atoms with E-state index in [1.54, 1.807) is 0 Å². The third kappa shape index (κ3) is 2.83. The first-order valence-electron chi connectivity index (χ1n) is 8.68. The molecule has 2 aliphatic rings. The van der Waals surface area contributed by atoms with Gasteiger partial charge < -0.3 is 13.9 Å². The molecule has 0 unspecified atom stereocenters. The first kappa shape index (κ1) is 15.4. The van der Waals surface area contributed by atoms with Crippen molar-refractivity contribution < 1.29 is 13.8 Å². The second-order valence-corrected chi connectivity index (χ2v) is 6.81. The Bertz CT molecular complexity index is 727. The third-order valence-electron chi connectivity index (χ3n) is 5.03. The zero-order chi connectivity index (χ0) is 16.7. The smallest absolute Gasteiger partial charge is 0.229 e. The molecule has 4 rings (SSSR count). The molecule has 1 saturated carbocycles. The van der Waals surface area contributed by atoms with Crippen molar-refractivity contribution in [3.8, 4) is 0 Å². The van der Waals surface area contributed by atoms with Gasteiger partial charge in [0.1, 0.15) is 5.76 Å². The molecule has 0 spiro atoms. The van der Waals surface area contributed by atoms with Gasteiger partial charge in [0.2, 0.25) is 11.8 Å². The van der Waals surface area contributed by atoms with Gasteiger partial charge in [-0.25, -0.2) is 0 Å². The zero-order valence-electron chi connectivity index (χ0n) is 14.1. The van der Waals surface area contributed by atoms with Gasteiger partial charge in [0.05, 0.1) is 11.7 Å². The van der Waals surface area contributed by atoms with Gasteiger partial charge in [-0.1, -0.05) is 10.3 Å². The van der Waals surface area contributed by atoms with Crippen molar-refractivity contribution in [2.24, 2.45) is 0 Å². The quantitative estimate of drug-likeness (QED) is 0.838. The van der Waals surface area contributed by atoms with Gasteiger partial charge in [0, 0.05) is 24.4 Å². The van der Waals surface area contributed by atoms with Crippen molar-refractivity contribution in [2.75, 3.05) is 6.54 Å². The number of carbonyl (C=O) groups excluding carboxylic acids is 1. The summed E-state index contributed by atoms with van der Waals surface area (Å²) in [6.45, 7) is 4.56. The Morgan fingerprint density at radius 1 is 1.21 bits per heavy atom. The molecule has 2 aromatic heterocycles. The summed E-state index contributed by atoms with van der Waals surface area (Å²) in [5, 5.41) is 8.07. The summed E-state index contributed by atoms with van der Waals surface area (Å²) in [4.78, 5) is 19.1. The van der Waals surface area contributed by atoms with Gasteiger partial charge in [-0.3, -0.25) is 4.79 Å². The van der Waals surface area contributed by atoms with Crippen LogP contribution in [0.3, 0.4) is 0 Å². The highest BCUT2D eigenvalue weighted by Crippen LogP contribution is 2.40. The monoisotopic (exact) mass is 330 g/mol. The van der Waals surface area contributed by atoms with Crippen LogP contribution in [-0.2, 0) is 11.2 Å². The van der Waals surface area contributed by atoms with Gasteiger partial charge in [0.15, 0.2) is 5.82 Å². The minimum Gasteiger partial charge on any atom is -0.361 e. The summed E-state index contributed by atoms with van der Waals surface area (Å²) in [6, 6.07) is -0.0431. The van der Waals surface area contributed by atoms with Crippen LogP contribution in [0.15, 0.2) is 9.05 Å². The average Bonchev–Trinajstić information content (AvgIpc) is 2.99. The van der Waals surface area contributed by atoms with Crippen molar-refractivity contribution in [2.45, 2.75) is 64.3 Å². The van der Waals surface area contributed by atoms with Crippen LogP contribution in [0.25, 0.3) is 0 Å². The molecule has 1 aliphatic carbocycles. The highest BCUT2D eigenvalue weighted by molar-refractivity contribution is 5.77. The molecule has 1 saturated heterocycles. The highest BCUT2D eigenvalue weighted by atomic mass is 16.5. The van der Waals surface area contributed by atoms with Gasteiger partial charge in [0.25, 0.3) is 0 Å². The molecule has 3 heterocycles. The lowest BCUT2D eigenvalue weighted by atomic mass is 10.1. The van der Waals surface area contributed by atoms with Crippen LogP contribution in [0.4, 0.5) is 0 Å². The van der Waals surface area contributed by atoms with E-state index in [9.17, 15) is 4.79 Å². The second kappa shape index (κ2) is 6.03. The summed E-state index contributed by atoms with van der Waals surface area (Å²) in [6.07, 6.45) is 5.25. The number of aromatic nitrogens is 3. The maximum absolute atomic E-state index is 12.7. The minimum absolute atomic E-state index is 0.0431. The lowest BCUT2D eigenvalue weighted by Crippen LogP contribution is -2.31. The Kier molecular flexibility index (Phi) is 3.86. The number of aryl methyl sites for hydroxylation is 2. The summed E-state index contributed by atoms with van der Waals surface area (Å²) in [5.41, 5.74) is 1.90. The van der Waals surface area contributed by atoms with Crippen LogP contribution in [-0.4, -0.2) is 32.6 Å². The number of hydrogen-bond donors (Lipinski definition) is 0. The Morgan fingerprint density at radius 2 is 2.04 bits per heavy atom. The number of nitrogens with zero attached hydrogens (tertiary/aromatic N) is 4. The van der Waals surface area contributed by atoms with Crippen LogP contribution in [0.5, 0.6) is 0 Å². The Morgan fingerprint density at radius 3 is 2.75 bits per heavy atom. The predicted molar refractivity (Wildman–Crippen MR) is 84.3 cm³/mol. The van der Waals surface area contributed by atoms with Crippen LogP contribution in [0, 0.1) is 13.8 Å². The van der Waals surface area contributed by atoms with Crippen LogP contribution >= 0.6 is 0 Å². The second-order valence-electron chi connectivity index (χ2n) is 6.81. The number of likely N-dealkylation sites (tertiary alicyclic amines) is 1. The average molecular weight is 330 g/mol. The summed E-state index contributed by atoms with van der Waals surface area (Å²) < 4.78 is 10.5. The van der Waals surface area contributed by atoms with Crippen molar-refractivity contribution in [1.82, 2.24) is 20.2 Å². The number of hydrogen-bond acceptors (Lipinski definition) is 6. The van der Waals surface area contributed by atoms with Crippen LogP contribution < -0.4 is 0 Å². The van der Waals surface area contributed by atoms with E-state index in [1.807, 2.05) is 18.7 Å². The summed E-state index contributed by atoms with van der Waals surface area (Å²) in [5.74, 6) is 2.78. The molecule has 0 bridgehead atoms. The normalized spacial score (nSPS) is 20.8. The fourth-order valence-electron chi connectivity index (χ4n) is 3.45. The number of carbonyl (C=O) groups is 1. The van der Waals surface area contributed by atoms with E-state index >= 15 is 0 Å². The molecule has 1 atom stereocenters. The van der Waals surface area contributed by atoms with E-state index < -0.39 is 0 Å². The number of rotatable bonds is 5. The Hall–Kier alpha value is -2.18. The fourth-order valence-corrected chi connectivity index (χ4v) is 3.45. The van der Waals surface area contributed by atoms with Gasteiger partial charge in [-0.2, -0.15) is 4.98 Å². The van der Waals surface area contributed by atoms with Crippen molar-refractivity contribution in [3.63, 3.8) is 0 Å². The molecule has 0 aromatic carbocycles. The lowest BCUT2D eigenvalue weighted by molar-refractivity contribution is -0.132. The van der Waals surface area contributed by atoms with Crippen LogP contribution in [0.1, 0.15) is 72.8 Å². The highest BCUT2D eigenvalue weighted by Gasteiger charge is 2.35. The maximum atomic E-state index is 12.7. The predicted octanol–water partition coefficient (Wildman–Crippen LogP) is 2.85. The first-order valence-corrected chi connectivity index (χ1v) is 8.68. The molecule has 1 aliphatic heterocycles. The molecule has 2 fully saturated rings. The molecular weight excluding hydrogens is 308 g/mol. The third-order valence-corrected chi connectivity index (χ3v) is 5.03. The first-order chi connectivity index (χ1) is 11.6. The van der Waals surface area contributed by atoms with Crippen molar-refractivity contribution in [3.05, 3.63) is 28.7 Å². The molecule has 7 heteroatoms. The van der Waals surface area contributed by atoms with Crippen molar-refractivity contribution >= 4 is 5.91 Å². The molecule has 7 nitrogen and oxygen atoms in total. The maximum Gasteiger partial charge on any atom is 0.229 e. The molecule has 0 radical (unpaired) electrons. The Labute approximate surface area is 140 Å². The number of amides is 1. The molecule has 0 N–H and O–H groups in total. The van der Waals surface area contributed by atoms with Gasteiger partial charge in [-0.05, 0) is 46.0 Å². The van der Waals surface area contributed by atoms with E-state index in [1.165, 1.54) is 0 Å². The summed E-state index contributed by atoms with van der Waals surface area (Å²) >= 11 is 0. The fraction of sp³-hybridized carbons (Fsp3) is 0.647. The van der Waals surface area contributed by atoms with E-state index in [4.69, 9.17) is 9.05 Å². The standard InChI is InChI=1S/C17H22N4O3/c1-10-13(11(2)23-19-10)7-8-15(22)21-9-3-4-14(21)16-18-17(24-20-16)12-5-6-12/h12,14H,3-9H2,1-2H3/t14-/m0/s1.